The maximum absolute atomic E-state index is 5.33. The summed E-state index contributed by atoms with van der Waals surface area (Å²) in [5, 5.41) is 7.45. The maximum Gasteiger partial charge on any atom is 0.173 e. The van der Waals surface area contributed by atoms with Crippen LogP contribution in [0.15, 0.2) is 53.7 Å². The van der Waals surface area contributed by atoms with Crippen molar-refractivity contribution in [3.8, 4) is 5.82 Å². The van der Waals surface area contributed by atoms with Crippen LogP contribution in [0, 0.1) is 0 Å². The highest BCUT2D eigenvalue weighted by molar-refractivity contribution is 5.36. The van der Waals surface area contributed by atoms with Gasteiger partial charge in [0.2, 0.25) is 0 Å². The average Bonchev–Trinajstić information content (AvgIpc) is 3.11. The van der Waals surface area contributed by atoms with Gasteiger partial charge in [-0.2, -0.15) is 5.10 Å². The van der Waals surface area contributed by atoms with Crippen LogP contribution >= 0.6 is 0 Å². The largest absolute Gasteiger partial charge is 0.469 e. The zero-order valence-corrected chi connectivity index (χ0v) is 11.1. The number of nitrogens with zero attached hydrogens (tertiary/aromatic N) is 4. The second kappa shape index (κ2) is 5.56. The van der Waals surface area contributed by atoms with E-state index < -0.39 is 0 Å². The summed E-state index contributed by atoms with van der Waals surface area (Å²) in [5.74, 6) is 2.35. The lowest BCUT2D eigenvalue weighted by molar-refractivity contribution is 0.497. The van der Waals surface area contributed by atoms with Crippen LogP contribution in [0.2, 0.25) is 0 Å². The number of hydrogen-bond donors (Lipinski definition) is 1. The molecule has 0 spiro atoms. The summed E-state index contributed by atoms with van der Waals surface area (Å²) in [7, 11) is 0. The van der Waals surface area contributed by atoms with Crippen LogP contribution < -0.4 is 5.32 Å². The molecule has 3 rings (SSSR count). The smallest absolute Gasteiger partial charge is 0.173 e. The molecule has 0 aliphatic rings. The molecule has 0 aliphatic heterocycles. The number of nitrogens with one attached hydrogen (secondary N) is 1. The third kappa shape index (κ3) is 2.85. The van der Waals surface area contributed by atoms with Crippen molar-refractivity contribution in [2.24, 2.45) is 0 Å². The molecular formula is C14H15N5O. The summed E-state index contributed by atoms with van der Waals surface area (Å²) in [6, 6.07) is 5.90. The van der Waals surface area contributed by atoms with Gasteiger partial charge in [0.15, 0.2) is 5.82 Å². The van der Waals surface area contributed by atoms with Crippen molar-refractivity contribution in [3.05, 3.63) is 55.0 Å². The molecule has 0 aromatic carbocycles. The maximum atomic E-state index is 5.33. The third-order valence-corrected chi connectivity index (χ3v) is 2.84. The molecule has 3 heterocycles. The Morgan fingerprint density at radius 2 is 2.30 bits per heavy atom. The van der Waals surface area contributed by atoms with Gasteiger partial charge in [0, 0.05) is 24.9 Å². The lowest BCUT2D eigenvalue weighted by Gasteiger charge is -2.13. The molecule has 6 heteroatoms. The van der Waals surface area contributed by atoms with Gasteiger partial charge in [-0.25, -0.2) is 9.67 Å². The van der Waals surface area contributed by atoms with E-state index in [4.69, 9.17) is 4.42 Å². The van der Waals surface area contributed by atoms with Gasteiger partial charge >= 0.3 is 0 Å². The van der Waals surface area contributed by atoms with Crippen LogP contribution in [0.5, 0.6) is 0 Å². The van der Waals surface area contributed by atoms with Gasteiger partial charge in [-0.05, 0) is 25.1 Å². The predicted molar refractivity (Wildman–Crippen MR) is 74.7 cm³/mol. The van der Waals surface area contributed by atoms with E-state index in [1.165, 1.54) is 0 Å². The Kier molecular flexibility index (Phi) is 3.45. The molecule has 0 amide bonds. The molecule has 0 saturated heterocycles. The van der Waals surface area contributed by atoms with Gasteiger partial charge in [-0.3, -0.25) is 4.98 Å². The molecule has 102 valence electrons. The van der Waals surface area contributed by atoms with Gasteiger partial charge in [0.25, 0.3) is 0 Å². The fourth-order valence-corrected chi connectivity index (χ4v) is 1.97. The zero-order valence-electron chi connectivity index (χ0n) is 11.1. The van der Waals surface area contributed by atoms with Gasteiger partial charge in [-0.1, -0.05) is 0 Å². The minimum Gasteiger partial charge on any atom is -0.469 e. The SMILES string of the molecule is C[C@@H](Cc1ccco1)Nc1cncc(-n2cccn2)n1. The average molecular weight is 269 g/mol. The Labute approximate surface area is 116 Å². The number of furan rings is 1. The lowest BCUT2D eigenvalue weighted by atomic mass is 10.2. The van der Waals surface area contributed by atoms with Gasteiger partial charge in [0.1, 0.15) is 11.6 Å². The zero-order chi connectivity index (χ0) is 13.8. The highest BCUT2D eigenvalue weighted by Gasteiger charge is 2.07. The van der Waals surface area contributed by atoms with Crippen molar-refractivity contribution < 1.29 is 4.42 Å². The summed E-state index contributed by atoms with van der Waals surface area (Å²) in [4.78, 5) is 8.66. The van der Waals surface area contributed by atoms with Crippen molar-refractivity contribution in [3.63, 3.8) is 0 Å². The normalized spacial score (nSPS) is 12.2. The van der Waals surface area contributed by atoms with Gasteiger partial charge in [0.05, 0.1) is 18.7 Å². The van der Waals surface area contributed by atoms with Crippen molar-refractivity contribution in [1.29, 1.82) is 0 Å². The molecule has 1 atom stereocenters. The summed E-state index contributed by atoms with van der Waals surface area (Å²) >= 11 is 0. The Morgan fingerprint density at radius 1 is 1.35 bits per heavy atom. The van der Waals surface area contributed by atoms with E-state index in [-0.39, 0.29) is 6.04 Å². The molecule has 0 unspecified atom stereocenters. The van der Waals surface area contributed by atoms with Crippen LogP contribution in [0.1, 0.15) is 12.7 Å². The van der Waals surface area contributed by atoms with E-state index in [2.05, 4.69) is 27.3 Å². The number of aromatic nitrogens is 4. The first-order valence-corrected chi connectivity index (χ1v) is 6.42. The summed E-state index contributed by atoms with van der Waals surface area (Å²) in [6.07, 6.45) is 9.39. The van der Waals surface area contributed by atoms with Crippen LogP contribution in [0.25, 0.3) is 5.82 Å². The Morgan fingerprint density at radius 3 is 3.05 bits per heavy atom. The van der Waals surface area contributed by atoms with E-state index in [0.717, 1.165) is 18.0 Å². The second-order valence-electron chi connectivity index (χ2n) is 4.54. The van der Waals surface area contributed by atoms with Gasteiger partial charge < -0.3 is 9.73 Å². The molecule has 3 aromatic rings. The first kappa shape index (κ1) is 12.4. The fraction of sp³-hybridized carbons (Fsp3) is 0.214. The molecule has 0 aliphatic carbocycles. The van der Waals surface area contributed by atoms with Crippen molar-refractivity contribution in [2.45, 2.75) is 19.4 Å². The van der Waals surface area contributed by atoms with Crippen LogP contribution in [-0.2, 0) is 6.42 Å². The van der Waals surface area contributed by atoms with Crippen molar-refractivity contribution in [2.75, 3.05) is 5.32 Å². The number of anilines is 1. The molecule has 0 saturated carbocycles. The molecule has 1 N–H and O–H groups in total. The lowest BCUT2D eigenvalue weighted by Crippen LogP contribution is -2.19. The van der Waals surface area contributed by atoms with Gasteiger partial charge in [-0.15, -0.1) is 0 Å². The summed E-state index contributed by atoms with van der Waals surface area (Å²) < 4.78 is 7.01. The molecule has 0 bridgehead atoms. The van der Waals surface area contributed by atoms with E-state index in [9.17, 15) is 0 Å². The molecule has 0 fully saturated rings. The molecular weight excluding hydrogens is 254 g/mol. The standard InChI is InChI=1S/C14H15N5O/c1-11(8-12-4-2-7-20-12)17-13-9-15-10-14(18-13)19-6-3-5-16-19/h2-7,9-11H,8H2,1H3,(H,17,18)/t11-/m0/s1. The van der Waals surface area contributed by atoms with Crippen molar-refractivity contribution in [1.82, 2.24) is 19.7 Å². The highest BCUT2D eigenvalue weighted by atomic mass is 16.3. The van der Waals surface area contributed by atoms with E-state index in [1.807, 2.05) is 24.4 Å². The second-order valence-corrected chi connectivity index (χ2v) is 4.54. The summed E-state index contributed by atoms with van der Waals surface area (Å²) in [5.41, 5.74) is 0. The van der Waals surface area contributed by atoms with Crippen molar-refractivity contribution >= 4 is 5.82 Å². The van der Waals surface area contributed by atoms with E-state index in [1.54, 1.807) is 29.5 Å². The quantitative estimate of drug-likeness (QED) is 0.769. The molecule has 20 heavy (non-hydrogen) atoms. The van der Waals surface area contributed by atoms with Crippen LogP contribution in [0.4, 0.5) is 5.82 Å². The Hall–Kier alpha value is -2.63. The summed E-state index contributed by atoms with van der Waals surface area (Å²) in [6.45, 7) is 2.07. The number of hydrogen-bond acceptors (Lipinski definition) is 5. The third-order valence-electron chi connectivity index (χ3n) is 2.84. The topological polar surface area (TPSA) is 68.8 Å². The molecule has 6 nitrogen and oxygen atoms in total. The Balaban J connectivity index is 1.70. The van der Waals surface area contributed by atoms with Crippen LogP contribution in [0.3, 0.4) is 0 Å². The molecule has 3 aromatic heterocycles. The Bertz CT molecular complexity index is 648. The van der Waals surface area contributed by atoms with Crippen LogP contribution in [-0.4, -0.2) is 25.8 Å². The number of rotatable bonds is 5. The molecule has 0 radical (unpaired) electrons. The predicted octanol–water partition coefficient (Wildman–Crippen LogP) is 2.30. The first-order chi connectivity index (χ1) is 9.81. The minimum atomic E-state index is 0.198. The monoisotopic (exact) mass is 269 g/mol. The minimum absolute atomic E-state index is 0.198. The van der Waals surface area contributed by atoms with E-state index in [0.29, 0.717) is 5.82 Å². The fourth-order valence-electron chi connectivity index (χ4n) is 1.97. The first-order valence-electron chi connectivity index (χ1n) is 6.42. The highest BCUT2D eigenvalue weighted by Crippen LogP contribution is 2.10. The van der Waals surface area contributed by atoms with E-state index >= 15 is 0 Å².